The van der Waals surface area contributed by atoms with Crippen LogP contribution in [0.5, 0.6) is 0 Å². The number of piperidine rings is 1. The molecule has 0 aromatic rings. The van der Waals surface area contributed by atoms with Crippen molar-refractivity contribution in [3.05, 3.63) is 0 Å². The van der Waals surface area contributed by atoms with Gasteiger partial charge in [0.1, 0.15) is 41.8 Å². The highest BCUT2D eigenvalue weighted by Gasteiger charge is 2.45. The van der Waals surface area contributed by atoms with Gasteiger partial charge in [-0.15, -0.1) is 0 Å². The maximum absolute atomic E-state index is 14.7. The molecule has 24 nitrogen and oxygen atoms in total. The van der Waals surface area contributed by atoms with Crippen LogP contribution in [0.15, 0.2) is 0 Å². The van der Waals surface area contributed by atoms with E-state index in [0.29, 0.717) is 32.4 Å². The first-order chi connectivity index (χ1) is 35.4. The molecule has 3 saturated heterocycles. The van der Waals surface area contributed by atoms with Gasteiger partial charge in [-0.1, -0.05) is 48.0 Å². The summed E-state index contributed by atoms with van der Waals surface area (Å²) in [5.74, 6) is -8.40. The van der Waals surface area contributed by atoms with Crippen molar-refractivity contribution in [3.8, 4) is 0 Å². The molecule has 3 fully saturated rings. The summed E-state index contributed by atoms with van der Waals surface area (Å²) in [6.07, 6.45) is 2.77. The van der Waals surface area contributed by atoms with Crippen molar-refractivity contribution >= 4 is 70.9 Å². The Bertz CT molecular complexity index is 2160. The lowest BCUT2D eigenvalue weighted by Gasteiger charge is -2.44. The van der Waals surface area contributed by atoms with Crippen molar-refractivity contribution in [2.45, 2.75) is 155 Å². The number of nitrogens with zero attached hydrogens (tertiary/aromatic N) is 8. The molecule has 428 valence electrons. The fourth-order valence-electron chi connectivity index (χ4n) is 9.18. The van der Waals surface area contributed by atoms with Gasteiger partial charge in [-0.25, -0.2) is 0 Å². The van der Waals surface area contributed by atoms with Crippen LogP contribution in [0.4, 0.5) is 0 Å². The number of fused-ring (bicyclic) bond motifs is 1. The minimum atomic E-state index is -1.61. The molecule has 0 aliphatic carbocycles. The van der Waals surface area contributed by atoms with Crippen molar-refractivity contribution in [1.82, 2.24) is 60.5 Å². The molecule has 4 N–H and O–H groups in total. The Morgan fingerprint density at radius 1 is 0.632 bits per heavy atom. The van der Waals surface area contributed by atoms with E-state index in [1.165, 1.54) is 77.8 Å². The van der Waals surface area contributed by atoms with Crippen LogP contribution in [0.2, 0.25) is 0 Å². The Balaban J connectivity index is 2.09. The molecule has 0 radical (unpaired) electrons. The van der Waals surface area contributed by atoms with Gasteiger partial charge in [0, 0.05) is 61.9 Å². The molecular weight excluding hydrogens is 985 g/mol. The summed E-state index contributed by atoms with van der Waals surface area (Å²) in [4.78, 5) is 177. The van der Waals surface area contributed by atoms with Gasteiger partial charge in [-0.3, -0.25) is 57.5 Å². The van der Waals surface area contributed by atoms with Crippen molar-refractivity contribution in [2.75, 3.05) is 88.1 Å². The van der Waals surface area contributed by atoms with E-state index in [1.807, 2.05) is 34.6 Å². The first-order valence-electron chi connectivity index (χ1n) is 26.7. The maximum atomic E-state index is 14.7. The molecule has 24 heteroatoms. The van der Waals surface area contributed by atoms with E-state index >= 15 is 0 Å². The Kier molecular flexibility index (Phi) is 23.7. The molecule has 0 saturated carbocycles. The van der Waals surface area contributed by atoms with Crippen LogP contribution in [0.3, 0.4) is 0 Å². The number of carbonyl (C=O) groups is 12. The van der Waals surface area contributed by atoms with Crippen LogP contribution in [-0.2, 0) is 57.5 Å². The summed E-state index contributed by atoms with van der Waals surface area (Å²) < 4.78 is 0. The molecule has 76 heavy (non-hydrogen) atoms. The number of carbonyl (C=O) groups excluding carboxylic acids is 12. The molecule has 7 atom stereocenters. The van der Waals surface area contributed by atoms with Crippen LogP contribution in [0.1, 0.15) is 114 Å². The highest BCUT2D eigenvalue weighted by atomic mass is 16.2. The molecule has 3 heterocycles. The number of amides is 12. The lowest BCUT2D eigenvalue weighted by Crippen LogP contribution is -2.64. The second kappa shape index (κ2) is 28.1. The van der Waals surface area contributed by atoms with Crippen LogP contribution in [0.25, 0.3) is 0 Å². The third-order valence-electron chi connectivity index (χ3n) is 15.2. The number of nitrogens with one attached hydrogen (secondary N) is 4. The van der Waals surface area contributed by atoms with Gasteiger partial charge in [0.2, 0.25) is 70.9 Å². The number of likely N-dealkylation sites (tertiary alicyclic amines) is 1. The van der Waals surface area contributed by atoms with Gasteiger partial charge >= 0.3 is 0 Å². The third-order valence-corrected chi connectivity index (χ3v) is 15.2. The van der Waals surface area contributed by atoms with Crippen molar-refractivity contribution < 1.29 is 57.5 Å². The largest absolute Gasteiger partial charge is 0.345 e. The number of hydrogen-bond donors (Lipinski definition) is 4. The zero-order valence-corrected chi connectivity index (χ0v) is 47.8. The number of hydrogen-bond acceptors (Lipinski definition) is 12. The molecule has 0 aromatic carbocycles. The van der Waals surface area contributed by atoms with E-state index < -0.39 is 151 Å². The molecule has 3 rings (SSSR count). The summed E-state index contributed by atoms with van der Waals surface area (Å²) in [7, 11) is 8.31. The Morgan fingerprint density at radius 3 is 1.78 bits per heavy atom. The lowest BCUT2D eigenvalue weighted by atomic mass is 9.95. The monoisotopic (exact) mass is 1070 g/mol. The Morgan fingerprint density at radius 2 is 1.22 bits per heavy atom. The summed E-state index contributed by atoms with van der Waals surface area (Å²) in [5.41, 5.74) is -1.61. The standard InChI is InChI=1S/C52H88N12O12/c1-16-33(6)44-50(75)59(12)34(7)46(71)64-23-20-36(64)48(73)58(11)30-43(69)57(10)29-40(66)53-27-39(65)54-28-42(68)62(15)52(8,9)51(76)55-35(24-31(2)3)47(72)61(14)38(49(74)63-21-18-17-19-22-63)26-41(67)60(13)37(25-32(4)5)45(70)56-44/h31-38,44H,16-30H2,1-15H3,(H,53,66)(H,54,65)(H,55,76)(H,56,70)/t33-,34?,35?,36?,37?,38?,44?/m0/s1. The van der Waals surface area contributed by atoms with Crippen molar-refractivity contribution in [1.29, 1.82) is 0 Å². The zero-order chi connectivity index (χ0) is 57.7. The van der Waals surface area contributed by atoms with Crippen LogP contribution < -0.4 is 21.3 Å². The first-order valence-corrected chi connectivity index (χ1v) is 26.7. The first kappa shape index (κ1) is 63.9. The molecule has 0 spiro atoms. The SMILES string of the molecule is CC[C@H](C)C1NC(=O)C(CC(C)C)N(C)C(=O)CC(C(=O)N2CCCCC2)N(C)C(=O)C(CC(C)C)NC(=O)C(C)(C)N(C)C(=O)CNC(=O)CNC(=O)CN(C)C(=O)CN(C)C(=O)C2CCN2C(=O)C(C)N(C)C1=O. The summed E-state index contributed by atoms with van der Waals surface area (Å²) in [6, 6.07) is -6.94. The van der Waals surface area contributed by atoms with E-state index in [-0.39, 0.29) is 37.6 Å². The van der Waals surface area contributed by atoms with Gasteiger partial charge in [-0.05, 0) is 77.0 Å². The Hall–Kier alpha value is -6.36. The fraction of sp³-hybridized carbons (Fsp3) is 0.769. The minimum Gasteiger partial charge on any atom is -0.345 e. The predicted octanol–water partition coefficient (Wildman–Crippen LogP) is -1.00. The topological polar surface area (TPSA) is 279 Å². The second-order valence-corrected chi connectivity index (χ2v) is 22.2. The fourth-order valence-corrected chi connectivity index (χ4v) is 9.18. The zero-order valence-electron chi connectivity index (χ0n) is 47.8. The smallest absolute Gasteiger partial charge is 0.246 e. The van der Waals surface area contributed by atoms with Gasteiger partial charge in [-0.2, -0.15) is 0 Å². The van der Waals surface area contributed by atoms with E-state index in [1.54, 1.807) is 11.8 Å². The van der Waals surface area contributed by atoms with Gasteiger partial charge in [0.15, 0.2) is 0 Å². The molecule has 0 aromatic heterocycles. The van der Waals surface area contributed by atoms with Gasteiger partial charge in [0.25, 0.3) is 0 Å². The quantitative estimate of drug-likeness (QED) is 0.239. The maximum Gasteiger partial charge on any atom is 0.246 e. The van der Waals surface area contributed by atoms with E-state index in [9.17, 15) is 57.5 Å². The van der Waals surface area contributed by atoms with E-state index in [0.717, 1.165) is 26.0 Å². The molecule has 12 amide bonds. The molecule has 6 unspecified atom stereocenters. The Labute approximate surface area is 449 Å². The van der Waals surface area contributed by atoms with Crippen LogP contribution >= 0.6 is 0 Å². The van der Waals surface area contributed by atoms with E-state index in [2.05, 4.69) is 21.3 Å². The minimum absolute atomic E-state index is 0.108. The average molecular weight is 1070 g/mol. The number of likely N-dealkylation sites (N-methyl/N-ethyl adjacent to an activating group) is 6. The van der Waals surface area contributed by atoms with Crippen molar-refractivity contribution in [2.24, 2.45) is 17.8 Å². The van der Waals surface area contributed by atoms with E-state index in [4.69, 9.17) is 0 Å². The summed E-state index contributed by atoms with van der Waals surface area (Å²) >= 11 is 0. The normalized spacial score (nSPS) is 26.5. The lowest BCUT2D eigenvalue weighted by molar-refractivity contribution is -0.158. The molecular formula is C52H88N12O12. The van der Waals surface area contributed by atoms with Crippen molar-refractivity contribution in [3.63, 3.8) is 0 Å². The van der Waals surface area contributed by atoms with Crippen LogP contribution in [0, 0.1) is 17.8 Å². The van der Waals surface area contributed by atoms with Gasteiger partial charge in [0.05, 0.1) is 32.6 Å². The highest BCUT2D eigenvalue weighted by Crippen LogP contribution is 2.25. The average Bonchev–Trinajstić information content (AvgIpc) is 3.36. The molecule has 3 aliphatic heterocycles. The summed E-state index contributed by atoms with van der Waals surface area (Å²) in [5, 5.41) is 10.5. The van der Waals surface area contributed by atoms with Gasteiger partial charge < -0.3 is 60.5 Å². The summed E-state index contributed by atoms with van der Waals surface area (Å²) in [6.45, 7) is 14.4. The van der Waals surface area contributed by atoms with Crippen LogP contribution in [-0.4, -0.2) is 240 Å². The predicted molar refractivity (Wildman–Crippen MR) is 281 cm³/mol. The highest BCUT2D eigenvalue weighted by molar-refractivity contribution is 6.00. The molecule has 0 bridgehead atoms. The molecule has 3 aliphatic rings. The number of rotatable bonds is 7. The second-order valence-electron chi connectivity index (χ2n) is 22.2. The third kappa shape index (κ3) is 16.6.